The summed E-state index contributed by atoms with van der Waals surface area (Å²) < 4.78 is 1.38. The van der Waals surface area contributed by atoms with Crippen LogP contribution in [0.4, 0.5) is 0 Å². The molecule has 5 nitrogen and oxygen atoms in total. The van der Waals surface area contributed by atoms with Crippen molar-refractivity contribution in [3.63, 3.8) is 0 Å². The molecule has 0 atom stereocenters. The van der Waals surface area contributed by atoms with Crippen LogP contribution in [-0.4, -0.2) is 70.6 Å². The molecule has 0 saturated carbocycles. The van der Waals surface area contributed by atoms with Gasteiger partial charge in [-0.25, -0.2) is 0 Å². The van der Waals surface area contributed by atoms with E-state index in [4.69, 9.17) is 12.2 Å². The molecule has 25 heavy (non-hydrogen) atoms. The normalized spacial score (nSPS) is 20.6. The first-order chi connectivity index (χ1) is 11.9. The van der Waals surface area contributed by atoms with Gasteiger partial charge >= 0.3 is 0 Å². The maximum atomic E-state index is 12.6. The van der Waals surface area contributed by atoms with Crippen molar-refractivity contribution in [2.75, 3.05) is 39.8 Å². The Bertz CT molecular complexity index is 745. The van der Waals surface area contributed by atoms with Crippen LogP contribution in [0.15, 0.2) is 33.6 Å². The lowest BCUT2D eigenvalue weighted by molar-refractivity contribution is -0.136. The quantitative estimate of drug-likeness (QED) is 0.534. The van der Waals surface area contributed by atoms with Crippen molar-refractivity contribution in [1.82, 2.24) is 14.7 Å². The van der Waals surface area contributed by atoms with Crippen LogP contribution >= 0.6 is 39.9 Å². The summed E-state index contributed by atoms with van der Waals surface area (Å²) in [6.07, 6.45) is 1.81. The maximum absolute atomic E-state index is 12.6. The van der Waals surface area contributed by atoms with E-state index < -0.39 is 0 Å². The number of piperazine rings is 1. The van der Waals surface area contributed by atoms with Gasteiger partial charge in [-0.05, 0) is 30.8 Å². The van der Waals surface area contributed by atoms with E-state index in [1.54, 1.807) is 4.90 Å². The van der Waals surface area contributed by atoms with Gasteiger partial charge in [-0.3, -0.25) is 14.5 Å². The Labute approximate surface area is 165 Å². The zero-order chi connectivity index (χ0) is 18.0. The average molecular weight is 440 g/mol. The predicted octanol–water partition coefficient (Wildman–Crippen LogP) is 2.42. The van der Waals surface area contributed by atoms with Crippen molar-refractivity contribution in [3.8, 4) is 0 Å². The number of benzene rings is 1. The van der Waals surface area contributed by atoms with E-state index in [1.807, 2.05) is 37.4 Å². The lowest BCUT2D eigenvalue weighted by atomic mass is 10.2. The molecule has 0 unspecified atom stereocenters. The van der Waals surface area contributed by atoms with Crippen LogP contribution < -0.4 is 0 Å². The summed E-state index contributed by atoms with van der Waals surface area (Å²) in [7, 11) is 2.04. The highest BCUT2D eigenvalue weighted by Crippen LogP contribution is 2.32. The first kappa shape index (κ1) is 18.6. The maximum Gasteiger partial charge on any atom is 0.266 e. The number of hydrogen-bond acceptors (Lipinski definition) is 5. The number of rotatable bonds is 3. The fraction of sp³-hybridized carbons (Fsp3) is 0.353. The van der Waals surface area contributed by atoms with Gasteiger partial charge in [0.15, 0.2) is 0 Å². The molecule has 2 saturated heterocycles. The third-order valence-corrected chi connectivity index (χ3v) is 6.04. The molecule has 1 aromatic rings. The van der Waals surface area contributed by atoms with Gasteiger partial charge in [0.1, 0.15) is 10.9 Å². The fourth-order valence-electron chi connectivity index (χ4n) is 2.68. The Hall–Kier alpha value is -1.22. The minimum absolute atomic E-state index is 0.0181. The van der Waals surface area contributed by atoms with Crippen molar-refractivity contribution in [2.24, 2.45) is 0 Å². The molecule has 2 aliphatic heterocycles. The summed E-state index contributed by atoms with van der Waals surface area (Å²) in [6, 6.07) is 7.69. The number of amides is 2. The summed E-state index contributed by atoms with van der Waals surface area (Å²) in [6.45, 7) is 3.11. The second kappa shape index (κ2) is 7.99. The summed E-state index contributed by atoms with van der Waals surface area (Å²) in [5, 5.41) is 0. The highest BCUT2D eigenvalue weighted by atomic mass is 79.9. The lowest BCUT2D eigenvalue weighted by Gasteiger charge is -2.33. The molecular formula is C17H18BrN3O2S2. The van der Waals surface area contributed by atoms with E-state index in [0.29, 0.717) is 22.3 Å². The average Bonchev–Trinajstić information content (AvgIpc) is 2.83. The molecule has 2 amide bonds. The van der Waals surface area contributed by atoms with E-state index in [1.165, 1.54) is 16.7 Å². The Morgan fingerprint density at radius 2 is 2.04 bits per heavy atom. The number of nitrogens with zero attached hydrogens (tertiary/aromatic N) is 3. The van der Waals surface area contributed by atoms with Gasteiger partial charge in [0.2, 0.25) is 5.91 Å². The Morgan fingerprint density at radius 3 is 2.72 bits per heavy atom. The second-order valence-electron chi connectivity index (χ2n) is 6.01. The first-order valence-corrected chi connectivity index (χ1v) is 9.93. The van der Waals surface area contributed by atoms with E-state index in [0.717, 1.165) is 23.1 Å². The molecule has 3 rings (SSSR count). The van der Waals surface area contributed by atoms with Crippen LogP contribution in [0.1, 0.15) is 5.56 Å². The summed E-state index contributed by atoms with van der Waals surface area (Å²) in [5.74, 6) is -0.245. The zero-order valence-electron chi connectivity index (χ0n) is 13.8. The molecule has 2 aliphatic rings. The van der Waals surface area contributed by atoms with Crippen LogP contribution in [0.2, 0.25) is 0 Å². The summed E-state index contributed by atoms with van der Waals surface area (Å²) >= 11 is 9.98. The molecule has 0 N–H and O–H groups in total. The highest BCUT2D eigenvalue weighted by Gasteiger charge is 2.34. The third kappa shape index (κ3) is 4.49. The van der Waals surface area contributed by atoms with Gasteiger partial charge in [0.05, 0.1) is 4.91 Å². The SMILES string of the molecule is CN1CCN(C(=O)CN2C(=O)/C(=C/c3cccc(Br)c3)SC2=S)CC1. The molecule has 0 aromatic heterocycles. The van der Waals surface area contributed by atoms with Gasteiger partial charge in [0.25, 0.3) is 5.91 Å². The van der Waals surface area contributed by atoms with Crippen LogP contribution in [0, 0.1) is 0 Å². The van der Waals surface area contributed by atoms with E-state index in [2.05, 4.69) is 20.8 Å². The molecular weight excluding hydrogens is 422 g/mol. The highest BCUT2D eigenvalue weighted by molar-refractivity contribution is 9.10. The number of carbonyl (C=O) groups excluding carboxylic acids is 2. The standard InChI is InChI=1S/C17H18BrN3O2S2/c1-19-5-7-20(8-6-19)15(22)11-21-16(23)14(25-17(21)24)10-12-3-2-4-13(18)9-12/h2-4,9-10H,5-8,11H2,1H3/b14-10-. The van der Waals surface area contributed by atoms with Crippen molar-refractivity contribution >= 4 is 62.1 Å². The Balaban J connectivity index is 1.68. The molecule has 0 aliphatic carbocycles. The van der Waals surface area contributed by atoms with Crippen molar-refractivity contribution in [1.29, 1.82) is 0 Å². The number of carbonyl (C=O) groups is 2. The smallest absolute Gasteiger partial charge is 0.266 e. The van der Waals surface area contributed by atoms with Crippen LogP contribution in [0.3, 0.4) is 0 Å². The lowest BCUT2D eigenvalue weighted by Crippen LogP contribution is -2.50. The number of halogens is 1. The molecule has 1 aromatic carbocycles. The van der Waals surface area contributed by atoms with Gasteiger partial charge in [0, 0.05) is 30.7 Å². The minimum Gasteiger partial charge on any atom is -0.339 e. The molecule has 2 heterocycles. The summed E-state index contributed by atoms with van der Waals surface area (Å²) in [4.78, 5) is 31.1. The number of hydrogen-bond donors (Lipinski definition) is 0. The Morgan fingerprint density at radius 1 is 1.32 bits per heavy atom. The predicted molar refractivity (Wildman–Crippen MR) is 108 cm³/mol. The first-order valence-electron chi connectivity index (χ1n) is 7.91. The van der Waals surface area contributed by atoms with Gasteiger partial charge in [-0.1, -0.05) is 52.0 Å². The zero-order valence-corrected chi connectivity index (χ0v) is 17.0. The molecule has 0 spiro atoms. The van der Waals surface area contributed by atoms with Crippen molar-refractivity contribution in [2.45, 2.75) is 0 Å². The number of thiocarbonyl (C=S) groups is 1. The van der Waals surface area contributed by atoms with Crippen LogP contribution in [0.25, 0.3) is 6.08 Å². The van der Waals surface area contributed by atoms with E-state index in [-0.39, 0.29) is 18.4 Å². The molecule has 132 valence electrons. The van der Waals surface area contributed by atoms with Gasteiger partial charge in [-0.2, -0.15) is 0 Å². The number of likely N-dealkylation sites (N-methyl/N-ethyl adjacent to an activating group) is 1. The third-order valence-electron chi connectivity index (χ3n) is 4.17. The monoisotopic (exact) mass is 439 g/mol. The topological polar surface area (TPSA) is 43.9 Å². The van der Waals surface area contributed by atoms with E-state index >= 15 is 0 Å². The molecule has 8 heteroatoms. The minimum atomic E-state index is -0.197. The van der Waals surface area contributed by atoms with Gasteiger partial charge < -0.3 is 9.80 Å². The molecule has 0 bridgehead atoms. The van der Waals surface area contributed by atoms with Crippen LogP contribution in [-0.2, 0) is 9.59 Å². The largest absolute Gasteiger partial charge is 0.339 e. The van der Waals surface area contributed by atoms with Crippen molar-refractivity contribution < 1.29 is 9.59 Å². The molecule has 0 radical (unpaired) electrons. The van der Waals surface area contributed by atoms with Crippen molar-refractivity contribution in [3.05, 3.63) is 39.2 Å². The summed E-state index contributed by atoms with van der Waals surface area (Å²) in [5.41, 5.74) is 0.917. The van der Waals surface area contributed by atoms with Gasteiger partial charge in [-0.15, -0.1) is 0 Å². The van der Waals surface area contributed by atoms with Crippen LogP contribution in [0.5, 0.6) is 0 Å². The Kier molecular flexibility index (Phi) is 5.93. The van der Waals surface area contributed by atoms with E-state index in [9.17, 15) is 9.59 Å². The fourth-order valence-corrected chi connectivity index (χ4v) is 4.35. The molecule has 2 fully saturated rings. The number of thioether (sulfide) groups is 1. The second-order valence-corrected chi connectivity index (χ2v) is 8.60.